The molecule has 21 heavy (non-hydrogen) atoms. The molecule has 0 bridgehead atoms. The molecule has 4 nitrogen and oxygen atoms in total. The molecule has 3 N–H and O–H groups in total. The van der Waals surface area contributed by atoms with Crippen molar-refractivity contribution in [3.05, 3.63) is 59.7 Å². The van der Waals surface area contributed by atoms with Gasteiger partial charge in [-0.25, -0.2) is 0 Å². The van der Waals surface area contributed by atoms with Crippen molar-refractivity contribution in [3.8, 4) is 5.75 Å². The molecule has 1 atom stereocenters. The lowest BCUT2D eigenvalue weighted by Crippen LogP contribution is -2.16. The molecule has 4 heteroatoms. The Labute approximate surface area is 124 Å². The molecule has 0 saturated heterocycles. The average molecular weight is 284 g/mol. The lowest BCUT2D eigenvalue weighted by molar-refractivity contribution is 0.102. The van der Waals surface area contributed by atoms with E-state index in [1.54, 1.807) is 12.1 Å². The number of ether oxygens (including phenoxy) is 1. The minimum atomic E-state index is -0.202. The molecule has 0 radical (unpaired) electrons. The van der Waals surface area contributed by atoms with Crippen molar-refractivity contribution in [2.45, 2.75) is 19.9 Å². The fourth-order valence-corrected chi connectivity index (χ4v) is 2.13. The standard InChI is InChI=1S/C17H20N2O2/c1-3-21-16-11-7-5-9-14(16)17(20)19-15-10-6-4-8-13(15)12(2)18/h4-12H,3,18H2,1-2H3,(H,19,20). The Morgan fingerprint density at radius 3 is 2.57 bits per heavy atom. The molecule has 0 aliphatic carbocycles. The van der Waals surface area contributed by atoms with Crippen molar-refractivity contribution >= 4 is 11.6 Å². The van der Waals surface area contributed by atoms with Gasteiger partial charge in [0.2, 0.25) is 0 Å². The van der Waals surface area contributed by atoms with Crippen LogP contribution in [0.5, 0.6) is 5.75 Å². The number of rotatable bonds is 5. The number of benzene rings is 2. The molecular weight excluding hydrogens is 264 g/mol. The molecule has 110 valence electrons. The van der Waals surface area contributed by atoms with Crippen molar-refractivity contribution < 1.29 is 9.53 Å². The molecule has 2 aromatic carbocycles. The summed E-state index contributed by atoms with van der Waals surface area (Å²) in [6.07, 6.45) is 0. The van der Waals surface area contributed by atoms with Gasteiger partial charge in [0, 0.05) is 11.7 Å². The van der Waals surface area contributed by atoms with Crippen molar-refractivity contribution in [1.29, 1.82) is 0 Å². The van der Waals surface area contributed by atoms with E-state index >= 15 is 0 Å². The van der Waals surface area contributed by atoms with Crippen LogP contribution in [0, 0.1) is 0 Å². The number of nitrogens with one attached hydrogen (secondary N) is 1. The van der Waals surface area contributed by atoms with E-state index in [4.69, 9.17) is 10.5 Å². The van der Waals surface area contributed by atoms with Gasteiger partial charge in [-0.3, -0.25) is 4.79 Å². The Balaban J connectivity index is 2.27. The summed E-state index contributed by atoms with van der Waals surface area (Å²) >= 11 is 0. The first-order valence-electron chi connectivity index (χ1n) is 7.01. The number of carbonyl (C=O) groups is 1. The van der Waals surface area contributed by atoms with Crippen LogP contribution >= 0.6 is 0 Å². The molecule has 2 rings (SSSR count). The molecular formula is C17H20N2O2. The van der Waals surface area contributed by atoms with Crippen molar-refractivity contribution in [3.63, 3.8) is 0 Å². The van der Waals surface area contributed by atoms with E-state index in [1.807, 2.05) is 50.2 Å². The van der Waals surface area contributed by atoms with Crippen LogP contribution in [0.15, 0.2) is 48.5 Å². The molecule has 0 aliphatic heterocycles. The number of para-hydroxylation sites is 2. The molecule has 0 aromatic heterocycles. The van der Waals surface area contributed by atoms with Crippen molar-refractivity contribution in [2.75, 3.05) is 11.9 Å². The summed E-state index contributed by atoms with van der Waals surface area (Å²) in [6, 6.07) is 14.6. The van der Waals surface area contributed by atoms with Crippen LogP contribution in [0.1, 0.15) is 35.8 Å². The van der Waals surface area contributed by atoms with Crippen molar-refractivity contribution in [2.24, 2.45) is 5.73 Å². The normalized spacial score (nSPS) is 11.8. The monoisotopic (exact) mass is 284 g/mol. The number of anilines is 1. The first kappa shape index (κ1) is 15.1. The van der Waals surface area contributed by atoms with Gasteiger partial charge < -0.3 is 15.8 Å². The molecule has 2 aromatic rings. The number of hydrogen-bond acceptors (Lipinski definition) is 3. The van der Waals surface area contributed by atoms with Crippen LogP contribution in [-0.4, -0.2) is 12.5 Å². The summed E-state index contributed by atoms with van der Waals surface area (Å²) in [6.45, 7) is 4.29. The Kier molecular flexibility index (Phi) is 4.95. The lowest BCUT2D eigenvalue weighted by Gasteiger charge is -2.15. The van der Waals surface area contributed by atoms with Gasteiger partial charge >= 0.3 is 0 Å². The van der Waals surface area contributed by atoms with E-state index in [0.29, 0.717) is 17.9 Å². The van der Waals surface area contributed by atoms with E-state index in [9.17, 15) is 4.79 Å². The number of amides is 1. The van der Waals surface area contributed by atoms with Crippen LogP contribution in [0.4, 0.5) is 5.69 Å². The first-order chi connectivity index (χ1) is 10.1. The quantitative estimate of drug-likeness (QED) is 0.885. The highest BCUT2D eigenvalue weighted by molar-refractivity contribution is 6.06. The molecule has 0 heterocycles. The maximum absolute atomic E-state index is 12.5. The van der Waals surface area contributed by atoms with Gasteiger partial charge in [-0.15, -0.1) is 0 Å². The minimum absolute atomic E-state index is 0.149. The first-order valence-corrected chi connectivity index (χ1v) is 7.01. The predicted molar refractivity (Wildman–Crippen MR) is 84.6 cm³/mol. The molecule has 0 aliphatic rings. The maximum Gasteiger partial charge on any atom is 0.259 e. The summed E-state index contributed by atoms with van der Waals surface area (Å²) in [5.41, 5.74) is 8.07. The second-order valence-corrected chi connectivity index (χ2v) is 4.76. The van der Waals surface area contributed by atoms with Gasteiger partial charge in [0.25, 0.3) is 5.91 Å². The summed E-state index contributed by atoms with van der Waals surface area (Å²) in [5, 5.41) is 2.91. The fourth-order valence-electron chi connectivity index (χ4n) is 2.13. The van der Waals surface area contributed by atoms with E-state index in [2.05, 4.69) is 5.32 Å². The average Bonchev–Trinajstić information content (AvgIpc) is 2.48. The van der Waals surface area contributed by atoms with Gasteiger partial charge in [-0.05, 0) is 37.6 Å². The highest BCUT2D eigenvalue weighted by Crippen LogP contribution is 2.24. The SMILES string of the molecule is CCOc1ccccc1C(=O)Nc1ccccc1C(C)N. The Morgan fingerprint density at radius 2 is 1.86 bits per heavy atom. The summed E-state index contributed by atoms with van der Waals surface area (Å²) < 4.78 is 5.49. The third-order valence-corrected chi connectivity index (χ3v) is 3.13. The lowest BCUT2D eigenvalue weighted by atomic mass is 10.1. The van der Waals surface area contributed by atoms with Crippen molar-refractivity contribution in [1.82, 2.24) is 0 Å². The highest BCUT2D eigenvalue weighted by Gasteiger charge is 2.14. The van der Waals surface area contributed by atoms with Crippen LogP contribution in [0.25, 0.3) is 0 Å². The minimum Gasteiger partial charge on any atom is -0.493 e. The third-order valence-electron chi connectivity index (χ3n) is 3.13. The number of nitrogens with two attached hydrogens (primary N) is 1. The zero-order chi connectivity index (χ0) is 15.2. The summed E-state index contributed by atoms with van der Waals surface area (Å²) in [4.78, 5) is 12.5. The van der Waals surface area contributed by atoms with E-state index < -0.39 is 0 Å². The predicted octanol–water partition coefficient (Wildman–Crippen LogP) is 3.36. The zero-order valence-electron chi connectivity index (χ0n) is 12.3. The molecule has 0 spiro atoms. The molecule has 1 unspecified atom stereocenters. The molecule has 0 saturated carbocycles. The van der Waals surface area contributed by atoms with Crippen LogP contribution in [-0.2, 0) is 0 Å². The van der Waals surface area contributed by atoms with Crippen LogP contribution in [0.2, 0.25) is 0 Å². The number of carbonyl (C=O) groups excluding carboxylic acids is 1. The smallest absolute Gasteiger partial charge is 0.259 e. The van der Waals surface area contributed by atoms with Crippen LogP contribution in [0.3, 0.4) is 0 Å². The molecule has 0 fully saturated rings. The van der Waals surface area contributed by atoms with Gasteiger partial charge in [-0.2, -0.15) is 0 Å². The maximum atomic E-state index is 12.5. The topological polar surface area (TPSA) is 64.3 Å². The second kappa shape index (κ2) is 6.90. The van der Waals surface area contributed by atoms with Gasteiger partial charge in [0.05, 0.1) is 12.2 Å². The third kappa shape index (κ3) is 3.61. The zero-order valence-corrected chi connectivity index (χ0v) is 12.3. The van der Waals surface area contributed by atoms with E-state index in [0.717, 1.165) is 11.3 Å². The number of hydrogen-bond donors (Lipinski definition) is 2. The second-order valence-electron chi connectivity index (χ2n) is 4.76. The van der Waals surface area contributed by atoms with E-state index in [-0.39, 0.29) is 11.9 Å². The fraction of sp³-hybridized carbons (Fsp3) is 0.235. The van der Waals surface area contributed by atoms with Gasteiger partial charge in [0.15, 0.2) is 0 Å². The van der Waals surface area contributed by atoms with E-state index in [1.165, 1.54) is 0 Å². The molecule has 1 amide bonds. The highest BCUT2D eigenvalue weighted by atomic mass is 16.5. The Bertz CT molecular complexity index is 624. The van der Waals surface area contributed by atoms with Gasteiger partial charge in [-0.1, -0.05) is 30.3 Å². The Hall–Kier alpha value is -2.33. The summed E-state index contributed by atoms with van der Waals surface area (Å²) in [5.74, 6) is 0.378. The Morgan fingerprint density at radius 1 is 1.19 bits per heavy atom. The summed E-state index contributed by atoms with van der Waals surface area (Å²) in [7, 11) is 0. The van der Waals surface area contributed by atoms with Crippen LogP contribution < -0.4 is 15.8 Å². The van der Waals surface area contributed by atoms with Gasteiger partial charge in [0.1, 0.15) is 5.75 Å². The largest absolute Gasteiger partial charge is 0.493 e.